The number of ether oxygens (including phenoxy) is 2. The zero-order valence-electron chi connectivity index (χ0n) is 25.9. The lowest BCUT2D eigenvalue weighted by molar-refractivity contribution is 0.0528. The summed E-state index contributed by atoms with van der Waals surface area (Å²) < 4.78 is 11.3. The summed E-state index contributed by atoms with van der Waals surface area (Å²) in [4.78, 5) is 28.7. The van der Waals surface area contributed by atoms with Gasteiger partial charge in [-0.05, 0) is 100 Å². The lowest BCUT2D eigenvalue weighted by Gasteiger charge is -2.48. The fourth-order valence-corrected chi connectivity index (χ4v) is 6.11. The smallest absolute Gasteiger partial charge is 0.412 e. The second kappa shape index (κ2) is 14.0. The molecule has 3 fully saturated rings. The molecular weight excluding hydrogens is 554 g/mol. The monoisotopic (exact) mass is 597 g/mol. The molecule has 8 nitrogen and oxygen atoms in total. The maximum Gasteiger partial charge on any atom is 0.412 e. The summed E-state index contributed by atoms with van der Waals surface area (Å²) in [7, 11) is 0. The van der Waals surface area contributed by atoms with Gasteiger partial charge in [0.1, 0.15) is 18.0 Å². The highest BCUT2D eigenvalue weighted by Crippen LogP contribution is 2.39. The molecule has 3 aromatic rings. The number of carbonyl (C=O) groups is 2. The molecule has 2 amide bonds. The number of carbonyl (C=O) groups excluding carboxylic acids is 1. The Morgan fingerprint density at radius 2 is 1.80 bits per heavy atom. The van der Waals surface area contributed by atoms with Crippen molar-refractivity contribution in [1.29, 1.82) is 0 Å². The summed E-state index contributed by atoms with van der Waals surface area (Å²) in [6.45, 7) is 9.21. The fraction of sp³-hybridized carbons (Fsp3) is 0.389. The number of carboxylic acid groups (broad SMARTS) is 1. The Balaban J connectivity index is 1.26. The van der Waals surface area contributed by atoms with Crippen LogP contribution in [-0.2, 0) is 11.2 Å². The van der Waals surface area contributed by atoms with Gasteiger partial charge in [0.2, 0.25) is 0 Å². The first kappa shape index (κ1) is 31.1. The van der Waals surface area contributed by atoms with Crippen LogP contribution < -0.4 is 15.0 Å². The van der Waals surface area contributed by atoms with E-state index in [0.717, 1.165) is 66.2 Å². The summed E-state index contributed by atoms with van der Waals surface area (Å²) in [5.41, 5.74) is 4.06. The van der Waals surface area contributed by atoms with Crippen molar-refractivity contribution in [2.24, 2.45) is 5.92 Å². The van der Waals surface area contributed by atoms with Crippen LogP contribution in [-0.4, -0.2) is 66.6 Å². The molecule has 3 saturated heterocycles. The molecule has 44 heavy (non-hydrogen) atoms. The second-order valence-corrected chi connectivity index (χ2v) is 12.5. The average Bonchev–Trinajstić information content (AvgIpc) is 3.00. The summed E-state index contributed by atoms with van der Waals surface area (Å²) in [5.74, 6) is 1.11. The highest BCUT2D eigenvalue weighted by molar-refractivity contribution is 5.94. The van der Waals surface area contributed by atoms with Gasteiger partial charge in [-0.2, -0.15) is 0 Å². The van der Waals surface area contributed by atoms with Crippen LogP contribution in [0.4, 0.5) is 15.3 Å². The third-order valence-electron chi connectivity index (χ3n) is 8.16. The van der Waals surface area contributed by atoms with E-state index < -0.39 is 17.8 Å². The van der Waals surface area contributed by atoms with E-state index in [1.807, 2.05) is 106 Å². The number of anilines is 1. The Morgan fingerprint density at radius 1 is 1.02 bits per heavy atom. The van der Waals surface area contributed by atoms with Gasteiger partial charge < -0.3 is 24.8 Å². The number of nitrogens with zero attached hydrogens (tertiary/aromatic N) is 2. The predicted molar refractivity (Wildman–Crippen MR) is 174 cm³/mol. The number of amides is 2. The van der Waals surface area contributed by atoms with Crippen molar-refractivity contribution in [2.45, 2.75) is 51.7 Å². The van der Waals surface area contributed by atoms with E-state index in [1.165, 1.54) is 0 Å². The Bertz CT molecular complexity index is 1460. The van der Waals surface area contributed by atoms with Crippen molar-refractivity contribution in [3.8, 4) is 16.9 Å². The van der Waals surface area contributed by atoms with E-state index in [1.54, 1.807) is 4.90 Å². The molecule has 2 N–H and O–H groups in total. The van der Waals surface area contributed by atoms with Gasteiger partial charge >= 0.3 is 12.2 Å². The highest BCUT2D eigenvalue weighted by atomic mass is 16.6. The second-order valence-electron chi connectivity index (χ2n) is 12.5. The third kappa shape index (κ3) is 8.20. The fourth-order valence-electron chi connectivity index (χ4n) is 6.11. The largest absolute Gasteiger partial charge is 0.490 e. The minimum Gasteiger partial charge on any atom is -0.490 e. The van der Waals surface area contributed by atoms with Gasteiger partial charge in [0, 0.05) is 18.7 Å². The van der Waals surface area contributed by atoms with Gasteiger partial charge in [-0.3, -0.25) is 4.90 Å². The number of piperidine rings is 3. The Kier molecular flexibility index (Phi) is 9.90. The van der Waals surface area contributed by atoms with Gasteiger partial charge in [-0.15, -0.1) is 0 Å². The summed E-state index contributed by atoms with van der Waals surface area (Å²) in [6.07, 6.45) is 5.31. The average molecular weight is 598 g/mol. The molecule has 3 heterocycles. The number of nitrogens with one attached hydrogen (secondary N) is 1. The van der Waals surface area contributed by atoms with E-state index in [4.69, 9.17) is 9.47 Å². The molecule has 6 rings (SSSR count). The van der Waals surface area contributed by atoms with Gasteiger partial charge in [-0.25, -0.2) is 9.59 Å². The van der Waals surface area contributed by atoms with E-state index >= 15 is 0 Å². The molecule has 0 radical (unpaired) electrons. The van der Waals surface area contributed by atoms with E-state index in [-0.39, 0.29) is 6.04 Å². The van der Waals surface area contributed by atoms with Gasteiger partial charge in [-0.1, -0.05) is 60.7 Å². The zero-order chi connectivity index (χ0) is 31.1. The molecular formula is C36H43N3O5. The van der Waals surface area contributed by atoms with Gasteiger partial charge in [0.15, 0.2) is 0 Å². The van der Waals surface area contributed by atoms with Crippen LogP contribution >= 0.6 is 0 Å². The maximum atomic E-state index is 12.8. The SMILES string of the molecule is CC(C)(C)OC(=O)NCCc1cccc(OCC=Cc2ccc(-c3ccccc3)c(N(C(=O)O)C3CN4CCC3CC4)c2)c1. The zero-order valence-corrected chi connectivity index (χ0v) is 25.9. The Labute approximate surface area is 260 Å². The number of rotatable bonds is 10. The predicted octanol–water partition coefficient (Wildman–Crippen LogP) is 7.09. The molecule has 232 valence electrons. The number of hydrogen-bond donors (Lipinski definition) is 2. The first-order valence-electron chi connectivity index (χ1n) is 15.5. The van der Waals surface area contributed by atoms with Gasteiger partial charge in [0.05, 0.1) is 11.7 Å². The first-order valence-corrected chi connectivity index (χ1v) is 15.5. The molecule has 0 saturated carbocycles. The van der Waals surface area contributed by atoms with Crippen LogP contribution in [0.2, 0.25) is 0 Å². The molecule has 1 atom stereocenters. The molecule has 3 aliphatic rings. The molecule has 3 aliphatic heterocycles. The highest BCUT2D eigenvalue weighted by Gasteiger charge is 2.40. The molecule has 0 spiro atoms. The molecule has 0 aromatic heterocycles. The quantitative estimate of drug-likeness (QED) is 0.259. The van der Waals surface area contributed by atoms with Crippen LogP contribution in [0.1, 0.15) is 44.7 Å². The standard InChI is InChI=1S/C36H43N3O5/c1-36(2,3)44-34(40)37-19-16-27-9-7-13-30(23-27)43-22-8-10-26-14-15-31(28-11-5-4-6-12-28)32(24-26)39(35(41)42)33-25-38-20-17-29(33)18-21-38/h4-15,23-24,29,33H,16-22,25H2,1-3H3,(H,37,40)(H,41,42). The molecule has 2 bridgehead atoms. The summed E-state index contributed by atoms with van der Waals surface area (Å²) in [6, 6.07) is 23.8. The van der Waals surface area contributed by atoms with Crippen molar-refractivity contribution in [1.82, 2.24) is 10.2 Å². The van der Waals surface area contributed by atoms with E-state index in [2.05, 4.69) is 10.2 Å². The minimum atomic E-state index is -0.911. The van der Waals surface area contributed by atoms with E-state index in [9.17, 15) is 14.7 Å². The Morgan fingerprint density at radius 3 is 2.48 bits per heavy atom. The Hall–Kier alpha value is -4.30. The number of fused-ring (bicyclic) bond motifs is 3. The number of benzene rings is 3. The molecule has 3 aromatic carbocycles. The van der Waals surface area contributed by atoms with Crippen LogP contribution in [0, 0.1) is 5.92 Å². The molecule has 8 heteroatoms. The number of alkyl carbamates (subject to hydrolysis) is 1. The molecule has 1 unspecified atom stereocenters. The van der Waals surface area contributed by atoms with Crippen LogP contribution in [0.15, 0.2) is 78.9 Å². The summed E-state index contributed by atoms with van der Waals surface area (Å²) in [5, 5.41) is 13.3. The lowest BCUT2D eigenvalue weighted by atomic mass is 9.82. The first-order chi connectivity index (χ1) is 21.2. The van der Waals surface area contributed by atoms with Crippen LogP contribution in [0.25, 0.3) is 17.2 Å². The number of hydrogen-bond acceptors (Lipinski definition) is 5. The minimum absolute atomic E-state index is 0.0633. The van der Waals surface area contributed by atoms with Crippen molar-refractivity contribution >= 4 is 23.9 Å². The third-order valence-corrected chi connectivity index (χ3v) is 8.16. The normalized spacial score (nSPS) is 19.5. The van der Waals surface area contributed by atoms with Crippen molar-refractivity contribution < 1.29 is 24.2 Å². The van der Waals surface area contributed by atoms with E-state index in [0.29, 0.717) is 25.5 Å². The van der Waals surface area contributed by atoms with Gasteiger partial charge in [0.25, 0.3) is 0 Å². The molecule has 0 aliphatic carbocycles. The van der Waals surface area contributed by atoms with Crippen LogP contribution in [0.5, 0.6) is 5.75 Å². The van der Waals surface area contributed by atoms with Crippen LogP contribution in [0.3, 0.4) is 0 Å². The topological polar surface area (TPSA) is 91.3 Å². The van der Waals surface area contributed by atoms with Crippen molar-refractivity contribution in [3.63, 3.8) is 0 Å². The van der Waals surface area contributed by atoms with Crippen molar-refractivity contribution in [2.75, 3.05) is 37.7 Å². The van der Waals surface area contributed by atoms with Crippen molar-refractivity contribution in [3.05, 3.63) is 90.0 Å². The maximum absolute atomic E-state index is 12.8. The lowest BCUT2D eigenvalue weighted by Crippen LogP contribution is -2.59. The summed E-state index contributed by atoms with van der Waals surface area (Å²) >= 11 is 0.